The fourth-order valence-electron chi connectivity index (χ4n) is 2.64. The van der Waals surface area contributed by atoms with Gasteiger partial charge in [-0.15, -0.1) is 0 Å². The maximum absolute atomic E-state index is 12.4. The quantitative estimate of drug-likeness (QED) is 0.551. The van der Waals surface area contributed by atoms with Crippen molar-refractivity contribution >= 4 is 18.2 Å². The highest BCUT2D eigenvalue weighted by molar-refractivity contribution is 5.92. The molecule has 7 nitrogen and oxygen atoms in total. The minimum Gasteiger partial charge on any atom is -0.454 e. The van der Waals surface area contributed by atoms with E-state index in [0.717, 1.165) is 5.56 Å². The first-order valence-corrected chi connectivity index (χ1v) is 8.49. The Hall–Kier alpha value is -3.35. The third kappa shape index (κ3) is 4.44. The van der Waals surface area contributed by atoms with Crippen molar-refractivity contribution in [1.82, 2.24) is 4.90 Å². The number of fused-ring (bicyclic) bond motifs is 1. The third-order valence-electron chi connectivity index (χ3n) is 4.15. The molecule has 0 bridgehead atoms. The van der Waals surface area contributed by atoms with Crippen molar-refractivity contribution < 1.29 is 28.6 Å². The summed E-state index contributed by atoms with van der Waals surface area (Å²) >= 11 is 0. The van der Waals surface area contributed by atoms with E-state index in [9.17, 15) is 14.4 Å². The molecule has 0 saturated carbocycles. The summed E-state index contributed by atoms with van der Waals surface area (Å²) in [7, 11) is 0. The van der Waals surface area contributed by atoms with Crippen LogP contribution in [0.15, 0.2) is 42.5 Å². The Morgan fingerprint density at radius 2 is 1.85 bits per heavy atom. The third-order valence-corrected chi connectivity index (χ3v) is 4.15. The number of ether oxygens (including phenoxy) is 3. The molecule has 2 aromatic carbocycles. The molecule has 7 heteroatoms. The van der Waals surface area contributed by atoms with Crippen molar-refractivity contribution in [1.29, 1.82) is 0 Å². The predicted octanol–water partition coefficient (Wildman–Crippen LogP) is 2.43. The molecule has 140 valence electrons. The van der Waals surface area contributed by atoms with Crippen LogP contribution < -0.4 is 9.47 Å². The van der Waals surface area contributed by atoms with Gasteiger partial charge in [-0.3, -0.25) is 9.59 Å². The van der Waals surface area contributed by atoms with Crippen LogP contribution in [0.1, 0.15) is 33.2 Å². The highest BCUT2D eigenvalue weighted by Crippen LogP contribution is 2.32. The summed E-state index contributed by atoms with van der Waals surface area (Å²) in [6.45, 7) is 2.53. The maximum atomic E-state index is 12.4. The number of likely N-dealkylation sites (N-methyl/N-ethyl adjacent to an activating group) is 1. The van der Waals surface area contributed by atoms with Gasteiger partial charge in [0.25, 0.3) is 5.91 Å². The molecule has 1 heterocycles. The van der Waals surface area contributed by atoms with Crippen LogP contribution in [0, 0.1) is 0 Å². The fraction of sp³-hybridized carbons (Fsp3) is 0.250. The van der Waals surface area contributed by atoms with Gasteiger partial charge in [0, 0.05) is 18.7 Å². The van der Waals surface area contributed by atoms with Gasteiger partial charge in [-0.05, 0) is 36.8 Å². The SMILES string of the molecule is CCN(Cc1ccc2c(c1)OCO2)C(=O)COC(=O)c1ccc(C=O)cc1. The predicted molar refractivity (Wildman–Crippen MR) is 95.8 cm³/mol. The van der Waals surface area contributed by atoms with Crippen molar-refractivity contribution in [3.8, 4) is 11.5 Å². The molecule has 3 rings (SSSR count). The van der Waals surface area contributed by atoms with E-state index in [1.54, 1.807) is 11.0 Å². The Morgan fingerprint density at radius 1 is 1.11 bits per heavy atom. The lowest BCUT2D eigenvalue weighted by molar-refractivity contribution is -0.134. The van der Waals surface area contributed by atoms with Crippen LogP contribution in [0.3, 0.4) is 0 Å². The van der Waals surface area contributed by atoms with E-state index < -0.39 is 5.97 Å². The normalized spacial score (nSPS) is 11.7. The molecule has 0 atom stereocenters. The molecule has 0 N–H and O–H groups in total. The monoisotopic (exact) mass is 369 g/mol. The van der Waals surface area contributed by atoms with E-state index in [-0.39, 0.29) is 24.9 Å². The number of amides is 1. The molecule has 0 spiro atoms. The first-order chi connectivity index (χ1) is 13.1. The van der Waals surface area contributed by atoms with Crippen LogP contribution in [0.25, 0.3) is 0 Å². The van der Waals surface area contributed by atoms with Crippen LogP contribution in [0.5, 0.6) is 11.5 Å². The summed E-state index contributed by atoms with van der Waals surface area (Å²) in [5.74, 6) is 0.428. The van der Waals surface area contributed by atoms with Crippen molar-refractivity contribution in [3.05, 3.63) is 59.2 Å². The number of rotatable bonds is 7. The van der Waals surface area contributed by atoms with Gasteiger partial charge in [-0.25, -0.2) is 4.79 Å². The van der Waals surface area contributed by atoms with Crippen LogP contribution in [0.4, 0.5) is 0 Å². The molecule has 2 aromatic rings. The topological polar surface area (TPSA) is 82.1 Å². The molecule has 0 aromatic heterocycles. The summed E-state index contributed by atoms with van der Waals surface area (Å²) in [4.78, 5) is 36.7. The maximum Gasteiger partial charge on any atom is 0.338 e. The second kappa shape index (κ2) is 8.35. The zero-order valence-electron chi connectivity index (χ0n) is 14.8. The zero-order chi connectivity index (χ0) is 19.2. The van der Waals surface area contributed by atoms with Crippen LogP contribution in [-0.2, 0) is 16.1 Å². The second-order valence-corrected chi connectivity index (χ2v) is 5.91. The Morgan fingerprint density at radius 3 is 2.56 bits per heavy atom. The van der Waals surface area contributed by atoms with Crippen LogP contribution >= 0.6 is 0 Å². The number of esters is 1. The Balaban J connectivity index is 1.56. The molecule has 1 amide bonds. The van der Waals surface area contributed by atoms with Gasteiger partial charge < -0.3 is 19.1 Å². The van der Waals surface area contributed by atoms with Crippen molar-refractivity contribution in [2.24, 2.45) is 0 Å². The van der Waals surface area contributed by atoms with Gasteiger partial charge in [-0.2, -0.15) is 0 Å². The highest BCUT2D eigenvalue weighted by Gasteiger charge is 2.18. The van der Waals surface area contributed by atoms with Gasteiger partial charge in [0.15, 0.2) is 18.1 Å². The first-order valence-electron chi connectivity index (χ1n) is 8.49. The lowest BCUT2D eigenvalue weighted by Gasteiger charge is -2.21. The Labute approximate surface area is 156 Å². The lowest BCUT2D eigenvalue weighted by atomic mass is 10.1. The number of carbonyl (C=O) groups is 3. The molecule has 0 radical (unpaired) electrons. The number of benzene rings is 2. The van der Waals surface area contributed by atoms with E-state index in [1.807, 2.05) is 19.1 Å². The number of carbonyl (C=O) groups excluding carboxylic acids is 3. The molecule has 0 fully saturated rings. The minimum atomic E-state index is -0.611. The Bertz CT molecular complexity index is 846. The molecule has 1 aliphatic heterocycles. The van der Waals surface area contributed by atoms with Crippen molar-refractivity contribution in [2.75, 3.05) is 19.9 Å². The molecule has 0 saturated heterocycles. The van der Waals surface area contributed by atoms with E-state index in [4.69, 9.17) is 14.2 Å². The fourth-order valence-corrected chi connectivity index (χ4v) is 2.64. The van der Waals surface area contributed by atoms with Crippen molar-refractivity contribution in [2.45, 2.75) is 13.5 Å². The molecule has 0 unspecified atom stereocenters. The summed E-state index contributed by atoms with van der Waals surface area (Å²) in [6.07, 6.45) is 0.688. The Kier molecular flexibility index (Phi) is 5.71. The number of hydrogen-bond donors (Lipinski definition) is 0. The largest absolute Gasteiger partial charge is 0.454 e. The van der Waals surface area contributed by atoms with E-state index in [2.05, 4.69) is 0 Å². The van der Waals surface area contributed by atoms with Gasteiger partial charge >= 0.3 is 5.97 Å². The summed E-state index contributed by atoms with van der Waals surface area (Å²) in [6, 6.07) is 11.5. The highest BCUT2D eigenvalue weighted by atomic mass is 16.7. The van der Waals surface area contributed by atoms with Crippen LogP contribution in [0.2, 0.25) is 0 Å². The average Bonchev–Trinajstić information content (AvgIpc) is 3.17. The van der Waals surface area contributed by atoms with Gasteiger partial charge in [-0.1, -0.05) is 18.2 Å². The summed E-state index contributed by atoms with van der Waals surface area (Å²) in [5, 5.41) is 0. The molecular weight excluding hydrogens is 350 g/mol. The minimum absolute atomic E-state index is 0.193. The number of nitrogens with zero attached hydrogens (tertiary/aromatic N) is 1. The molecule has 0 aliphatic carbocycles. The summed E-state index contributed by atoms with van der Waals surface area (Å²) in [5.41, 5.74) is 1.64. The first kappa shape index (κ1) is 18.4. The summed E-state index contributed by atoms with van der Waals surface area (Å²) < 4.78 is 15.7. The van der Waals surface area contributed by atoms with Gasteiger partial charge in [0.2, 0.25) is 6.79 Å². The molecule has 27 heavy (non-hydrogen) atoms. The smallest absolute Gasteiger partial charge is 0.338 e. The lowest BCUT2D eigenvalue weighted by Crippen LogP contribution is -2.34. The van der Waals surface area contributed by atoms with Gasteiger partial charge in [0.1, 0.15) is 6.29 Å². The average molecular weight is 369 g/mol. The second-order valence-electron chi connectivity index (χ2n) is 5.91. The van der Waals surface area contributed by atoms with E-state index in [1.165, 1.54) is 24.3 Å². The van der Waals surface area contributed by atoms with E-state index in [0.29, 0.717) is 36.4 Å². The number of aldehydes is 1. The number of hydrogen-bond acceptors (Lipinski definition) is 6. The van der Waals surface area contributed by atoms with Gasteiger partial charge in [0.05, 0.1) is 5.56 Å². The van der Waals surface area contributed by atoms with Crippen molar-refractivity contribution in [3.63, 3.8) is 0 Å². The van der Waals surface area contributed by atoms with E-state index >= 15 is 0 Å². The molecule has 1 aliphatic rings. The zero-order valence-corrected chi connectivity index (χ0v) is 14.8. The van der Waals surface area contributed by atoms with Crippen LogP contribution in [-0.4, -0.2) is 43.0 Å². The molecular formula is C20H19NO6. The standard InChI is InChI=1S/C20H19NO6/c1-2-21(10-15-5-8-17-18(9-15)27-13-26-17)19(23)12-25-20(24)16-6-3-14(11-22)4-7-16/h3-9,11H,2,10,12-13H2,1H3.